The SMILES string of the molecule is CCN(CC(C)C#N)CC(CN)C(C)C. The zero-order chi connectivity index (χ0) is 11.8. The quantitative estimate of drug-likeness (QED) is 0.697. The van der Waals surface area contributed by atoms with Crippen LogP contribution in [0.15, 0.2) is 0 Å². The second-order valence-corrected chi connectivity index (χ2v) is 4.62. The zero-order valence-electron chi connectivity index (χ0n) is 10.5. The first-order valence-corrected chi connectivity index (χ1v) is 5.87. The largest absolute Gasteiger partial charge is 0.330 e. The maximum atomic E-state index is 8.78. The van der Waals surface area contributed by atoms with Gasteiger partial charge in [-0.25, -0.2) is 0 Å². The third-order valence-corrected chi connectivity index (χ3v) is 2.94. The van der Waals surface area contributed by atoms with Crippen LogP contribution >= 0.6 is 0 Å². The van der Waals surface area contributed by atoms with Crippen LogP contribution in [-0.2, 0) is 0 Å². The molecule has 0 fully saturated rings. The fraction of sp³-hybridized carbons (Fsp3) is 0.917. The standard InChI is InChI=1S/C12H25N3/c1-5-15(8-11(4)6-13)9-12(7-14)10(2)3/h10-12H,5,7-9,14H2,1-4H3. The van der Waals surface area contributed by atoms with Gasteiger partial charge in [-0.1, -0.05) is 20.8 Å². The number of nitriles is 1. The molecule has 2 unspecified atom stereocenters. The van der Waals surface area contributed by atoms with E-state index in [1.165, 1.54) is 0 Å². The molecular weight excluding hydrogens is 186 g/mol. The highest BCUT2D eigenvalue weighted by atomic mass is 15.1. The Morgan fingerprint density at radius 2 is 1.87 bits per heavy atom. The molecule has 0 saturated carbocycles. The Labute approximate surface area is 94.2 Å². The van der Waals surface area contributed by atoms with E-state index in [2.05, 4.69) is 31.7 Å². The molecule has 0 aliphatic heterocycles. The maximum absolute atomic E-state index is 8.78. The van der Waals surface area contributed by atoms with Crippen LogP contribution in [0.3, 0.4) is 0 Å². The Balaban J connectivity index is 4.13. The third-order valence-electron chi connectivity index (χ3n) is 2.94. The first kappa shape index (κ1) is 14.4. The molecule has 2 N–H and O–H groups in total. The number of hydrogen-bond donors (Lipinski definition) is 1. The van der Waals surface area contributed by atoms with Crippen molar-refractivity contribution in [3.05, 3.63) is 0 Å². The van der Waals surface area contributed by atoms with E-state index in [-0.39, 0.29) is 5.92 Å². The number of rotatable bonds is 7. The van der Waals surface area contributed by atoms with Gasteiger partial charge in [0, 0.05) is 13.1 Å². The highest BCUT2D eigenvalue weighted by molar-refractivity contribution is 4.82. The van der Waals surface area contributed by atoms with Gasteiger partial charge < -0.3 is 10.6 Å². The smallest absolute Gasteiger partial charge is 0.0666 e. The van der Waals surface area contributed by atoms with Gasteiger partial charge in [0.15, 0.2) is 0 Å². The molecular formula is C12H25N3. The number of nitrogens with zero attached hydrogens (tertiary/aromatic N) is 2. The van der Waals surface area contributed by atoms with E-state index in [1.54, 1.807) is 0 Å². The number of nitrogens with two attached hydrogens (primary N) is 1. The molecule has 0 rings (SSSR count). The summed E-state index contributed by atoms with van der Waals surface area (Å²) < 4.78 is 0. The van der Waals surface area contributed by atoms with Gasteiger partial charge in [-0.05, 0) is 31.8 Å². The molecule has 0 aliphatic rings. The van der Waals surface area contributed by atoms with E-state index >= 15 is 0 Å². The molecule has 0 aliphatic carbocycles. The molecule has 0 aromatic carbocycles. The normalized spacial score (nSPS) is 15.3. The van der Waals surface area contributed by atoms with Crippen molar-refractivity contribution in [2.24, 2.45) is 23.5 Å². The molecule has 2 atom stereocenters. The molecule has 88 valence electrons. The molecule has 0 radical (unpaired) electrons. The van der Waals surface area contributed by atoms with Gasteiger partial charge in [-0.15, -0.1) is 0 Å². The molecule has 0 spiro atoms. The summed E-state index contributed by atoms with van der Waals surface area (Å²) in [5.74, 6) is 1.26. The summed E-state index contributed by atoms with van der Waals surface area (Å²) in [6.45, 7) is 12.1. The van der Waals surface area contributed by atoms with E-state index in [4.69, 9.17) is 11.0 Å². The minimum atomic E-state index is 0.107. The van der Waals surface area contributed by atoms with E-state index in [0.29, 0.717) is 11.8 Å². The second-order valence-electron chi connectivity index (χ2n) is 4.62. The molecule has 3 nitrogen and oxygen atoms in total. The topological polar surface area (TPSA) is 53.0 Å². The van der Waals surface area contributed by atoms with Crippen LogP contribution in [0.2, 0.25) is 0 Å². The lowest BCUT2D eigenvalue weighted by molar-refractivity contribution is 0.201. The van der Waals surface area contributed by atoms with Gasteiger partial charge in [0.25, 0.3) is 0 Å². The summed E-state index contributed by atoms with van der Waals surface area (Å²) in [5.41, 5.74) is 5.75. The highest BCUT2D eigenvalue weighted by Crippen LogP contribution is 2.12. The number of hydrogen-bond acceptors (Lipinski definition) is 3. The van der Waals surface area contributed by atoms with E-state index in [9.17, 15) is 0 Å². The van der Waals surface area contributed by atoms with Crippen LogP contribution in [0.25, 0.3) is 0 Å². The van der Waals surface area contributed by atoms with Crippen molar-refractivity contribution in [2.45, 2.75) is 27.7 Å². The Hall–Kier alpha value is -0.590. The van der Waals surface area contributed by atoms with Crippen LogP contribution in [-0.4, -0.2) is 31.1 Å². The minimum absolute atomic E-state index is 0.107. The lowest BCUT2D eigenvalue weighted by atomic mass is 9.95. The first-order valence-electron chi connectivity index (χ1n) is 5.87. The summed E-state index contributed by atoms with van der Waals surface area (Å²) in [4.78, 5) is 2.32. The molecule has 0 amide bonds. The lowest BCUT2D eigenvalue weighted by Gasteiger charge is -2.28. The summed E-state index contributed by atoms with van der Waals surface area (Å²) in [7, 11) is 0. The van der Waals surface area contributed by atoms with Crippen molar-refractivity contribution >= 4 is 0 Å². The van der Waals surface area contributed by atoms with E-state index < -0.39 is 0 Å². The van der Waals surface area contributed by atoms with Crippen molar-refractivity contribution in [1.29, 1.82) is 5.26 Å². The van der Waals surface area contributed by atoms with Gasteiger partial charge in [0.2, 0.25) is 0 Å². The van der Waals surface area contributed by atoms with Crippen molar-refractivity contribution < 1.29 is 0 Å². The summed E-state index contributed by atoms with van der Waals surface area (Å²) >= 11 is 0. The van der Waals surface area contributed by atoms with Crippen molar-refractivity contribution in [3.63, 3.8) is 0 Å². The van der Waals surface area contributed by atoms with E-state index in [1.807, 2.05) is 6.92 Å². The van der Waals surface area contributed by atoms with Gasteiger partial charge >= 0.3 is 0 Å². The molecule has 0 aromatic rings. The minimum Gasteiger partial charge on any atom is -0.330 e. The van der Waals surface area contributed by atoms with Crippen LogP contribution in [0.5, 0.6) is 0 Å². The van der Waals surface area contributed by atoms with Gasteiger partial charge in [0.05, 0.1) is 12.0 Å². The fourth-order valence-electron chi connectivity index (χ4n) is 1.65. The third kappa shape index (κ3) is 5.76. The fourth-order valence-corrected chi connectivity index (χ4v) is 1.65. The Morgan fingerprint density at radius 1 is 1.27 bits per heavy atom. The van der Waals surface area contributed by atoms with Crippen molar-refractivity contribution in [3.8, 4) is 6.07 Å². The van der Waals surface area contributed by atoms with Crippen molar-refractivity contribution in [2.75, 3.05) is 26.2 Å². The second kappa shape index (κ2) is 7.67. The predicted molar refractivity (Wildman–Crippen MR) is 64.3 cm³/mol. The highest BCUT2D eigenvalue weighted by Gasteiger charge is 2.16. The average Bonchev–Trinajstić information content (AvgIpc) is 2.22. The molecule has 0 aromatic heterocycles. The van der Waals surface area contributed by atoms with Crippen LogP contribution in [0.1, 0.15) is 27.7 Å². The Bertz CT molecular complexity index is 196. The predicted octanol–water partition coefficient (Wildman–Crippen LogP) is 1.70. The van der Waals surface area contributed by atoms with E-state index in [0.717, 1.165) is 26.2 Å². The maximum Gasteiger partial charge on any atom is 0.0666 e. The van der Waals surface area contributed by atoms with Gasteiger partial charge in [-0.3, -0.25) is 0 Å². The molecule has 3 heteroatoms. The lowest BCUT2D eigenvalue weighted by Crippen LogP contribution is -2.37. The Morgan fingerprint density at radius 3 is 2.20 bits per heavy atom. The van der Waals surface area contributed by atoms with Crippen LogP contribution in [0.4, 0.5) is 0 Å². The Kier molecular flexibility index (Phi) is 7.37. The zero-order valence-corrected chi connectivity index (χ0v) is 10.5. The average molecular weight is 211 g/mol. The summed E-state index contributed by atoms with van der Waals surface area (Å²) in [6, 6.07) is 2.28. The summed E-state index contributed by atoms with van der Waals surface area (Å²) in [5, 5.41) is 8.78. The monoisotopic (exact) mass is 211 g/mol. The summed E-state index contributed by atoms with van der Waals surface area (Å²) in [6.07, 6.45) is 0. The van der Waals surface area contributed by atoms with Crippen molar-refractivity contribution in [1.82, 2.24) is 4.90 Å². The van der Waals surface area contributed by atoms with Gasteiger partial charge in [0.1, 0.15) is 0 Å². The van der Waals surface area contributed by atoms with Crippen LogP contribution in [0, 0.1) is 29.1 Å². The van der Waals surface area contributed by atoms with Gasteiger partial charge in [-0.2, -0.15) is 5.26 Å². The molecule has 0 heterocycles. The molecule has 0 saturated heterocycles. The van der Waals surface area contributed by atoms with Crippen LogP contribution < -0.4 is 5.73 Å². The molecule has 0 bridgehead atoms. The first-order chi connectivity index (χ1) is 7.04. The molecule has 15 heavy (non-hydrogen) atoms.